The molecule has 0 spiro atoms. The zero-order valence-corrected chi connectivity index (χ0v) is 11.3. The molecular formula is C10H18N4O2S. The number of anilines is 1. The Morgan fingerprint density at radius 2 is 1.94 bits per heavy atom. The Kier molecular flexibility index (Phi) is 4.44. The summed E-state index contributed by atoms with van der Waals surface area (Å²) in [6, 6.07) is 3.66. The molecule has 0 aliphatic heterocycles. The van der Waals surface area contributed by atoms with E-state index in [1.807, 2.05) is 12.1 Å². The Balaban J connectivity index is 2.78. The van der Waals surface area contributed by atoms with Gasteiger partial charge in [0.05, 0.1) is 0 Å². The first kappa shape index (κ1) is 13.9. The Morgan fingerprint density at radius 3 is 2.35 bits per heavy atom. The summed E-state index contributed by atoms with van der Waals surface area (Å²) in [5.74, 6) is 0.756. The van der Waals surface area contributed by atoms with E-state index in [4.69, 9.17) is 0 Å². The number of pyridine rings is 1. The summed E-state index contributed by atoms with van der Waals surface area (Å²) in [5, 5.41) is 2.90. The summed E-state index contributed by atoms with van der Waals surface area (Å²) in [7, 11) is 2.97. The second-order valence-corrected chi connectivity index (χ2v) is 6.10. The van der Waals surface area contributed by atoms with Gasteiger partial charge in [-0.2, -0.15) is 17.0 Å². The maximum Gasteiger partial charge on any atom is 0.281 e. The molecule has 0 amide bonds. The maximum absolute atomic E-state index is 11.8. The molecule has 0 aromatic carbocycles. The molecule has 0 radical (unpaired) electrons. The molecule has 1 heterocycles. The molecule has 0 bridgehead atoms. The summed E-state index contributed by atoms with van der Waals surface area (Å²) in [6.45, 7) is 0.303. The van der Waals surface area contributed by atoms with Crippen molar-refractivity contribution in [2.24, 2.45) is 0 Å². The second kappa shape index (κ2) is 5.44. The van der Waals surface area contributed by atoms with Gasteiger partial charge < -0.3 is 5.32 Å². The van der Waals surface area contributed by atoms with Gasteiger partial charge in [-0.1, -0.05) is 6.07 Å². The van der Waals surface area contributed by atoms with Crippen molar-refractivity contribution in [1.29, 1.82) is 0 Å². The molecule has 1 aromatic rings. The average molecular weight is 258 g/mol. The molecule has 0 atom stereocenters. The van der Waals surface area contributed by atoms with Crippen LogP contribution in [-0.4, -0.2) is 50.2 Å². The van der Waals surface area contributed by atoms with Crippen LogP contribution in [-0.2, 0) is 16.8 Å². The van der Waals surface area contributed by atoms with Gasteiger partial charge >= 0.3 is 0 Å². The summed E-state index contributed by atoms with van der Waals surface area (Å²) in [6.07, 6.45) is 1.66. The van der Waals surface area contributed by atoms with Gasteiger partial charge in [0, 0.05) is 40.9 Å². The smallest absolute Gasteiger partial charge is 0.281 e. The summed E-state index contributed by atoms with van der Waals surface area (Å²) >= 11 is 0. The lowest BCUT2D eigenvalue weighted by molar-refractivity contribution is 0.414. The molecule has 0 saturated carbocycles. The van der Waals surface area contributed by atoms with E-state index in [1.165, 1.54) is 22.7 Å². The van der Waals surface area contributed by atoms with Gasteiger partial charge in [-0.05, 0) is 11.6 Å². The third-order valence-corrected chi connectivity index (χ3v) is 4.18. The largest absolute Gasteiger partial charge is 0.373 e. The minimum absolute atomic E-state index is 0.303. The first-order valence-corrected chi connectivity index (χ1v) is 6.54. The third-order valence-electron chi connectivity index (χ3n) is 2.34. The molecule has 0 fully saturated rings. The van der Waals surface area contributed by atoms with Crippen LogP contribution in [0.5, 0.6) is 0 Å². The van der Waals surface area contributed by atoms with Crippen molar-refractivity contribution in [3.8, 4) is 0 Å². The van der Waals surface area contributed by atoms with E-state index in [1.54, 1.807) is 20.3 Å². The lowest BCUT2D eigenvalue weighted by Crippen LogP contribution is -2.36. The van der Waals surface area contributed by atoms with Gasteiger partial charge in [-0.15, -0.1) is 0 Å². The molecule has 0 saturated heterocycles. The molecule has 0 aliphatic carbocycles. The highest BCUT2D eigenvalue weighted by Gasteiger charge is 2.20. The van der Waals surface area contributed by atoms with Crippen molar-refractivity contribution >= 4 is 16.0 Å². The predicted octanol–water partition coefficient (Wildman–Crippen LogP) is 0.361. The highest BCUT2D eigenvalue weighted by molar-refractivity contribution is 7.86. The zero-order valence-electron chi connectivity index (χ0n) is 10.5. The van der Waals surface area contributed by atoms with Crippen LogP contribution in [0, 0.1) is 0 Å². The first-order chi connectivity index (χ1) is 7.87. The average Bonchev–Trinajstić information content (AvgIpc) is 2.29. The molecule has 1 rings (SSSR count). The van der Waals surface area contributed by atoms with E-state index >= 15 is 0 Å². The molecule has 7 heteroatoms. The highest BCUT2D eigenvalue weighted by atomic mass is 32.2. The van der Waals surface area contributed by atoms with Crippen LogP contribution in [0.2, 0.25) is 0 Å². The van der Waals surface area contributed by atoms with Crippen molar-refractivity contribution in [3.05, 3.63) is 23.9 Å². The third kappa shape index (κ3) is 3.39. The van der Waals surface area contributed by atoms with E-state index in [-0.39, 0.29) is 0 Å². The van der Waals surface area contributed by atoms with Crippen molar-refractivity contribution in [1.82, 2.24) is 13.6 Å². The molecular weight excluding hydrogens is 240 g/mol. The van der Waals surface area contributed by atoms with Crippen LogP contribution in [0.1, 0.15) is 5.56 Å². The van der Waals surface area contributed by atoms with E-state index < -0.39 is 10.2 Å². The van der Waals surface area contributed by atoms with Crippen molar-refractivity contribution < 1.29 is 8.42 Å². The Labute approximate surface area is 102 Å². The molecule has 1 aromatic heterocycles. The lowest BCUT2D eigenvalue weighted by Gasteiger charge is -2.21. The van der Waals surface area contributed by atoms with Gasteiger partial charge in [0.25, 0.3) is 10.2 Å². The summed E-state index contributed by atoms with van der Waals surface area (Å²) < 4.78 is 26.0. The standard InChI is InChI=1S/C10H18N4O2S/c1-11-10-6-5-9(7-12-10)8-14(4)17(15,16)13(2)3/h5-7H,8H2,1-4H3,(H,11,12). The Hall–Kier alpha value is -1.18. The SMILES string of the molecule is CNc1ccc(CN(C)S(=O)(=O)N(C)C)cn1. The number of hydrogen-bond acceptors (Lipinski definition) is 4. The Bertz CT molecular complexity index is 456. The van der Waals surface area contributed by atoms with Gasteiger partial charge in [-0.25, -0.2) is 4.98 Å². The van der Waals surface area contributed by atoms with Crippen LogP contribution < -0.4 is 5.32 Å². The Morgan fingerprint density at radius 1 is 1.29 bits per heavy atom. The van der Waals surface area contributed by atoms with Gasteiger partial charge in [0.2, 0.25) is 0 Å². The van der Waals surface area contributed by atoms with E-state index in [9.17, 15) is 8.42 Å². The molecule has 96 valence electrons. The zero-order chi connectivity index (χ0) is 13.1. The second-order valence-electron chi connectivity index (χ2n) is 3.85. The fraction of sp³-hybridized carbons (Fsp3) is 0.500. The van der Waals surface area contributed by atoms with Gasteiger partial charge in [0.15, 0.2) is 0 Å². The van der Waals surface area contributed by atoms with Crippen molar-refractivity contribution in [3.63, 3.8) is 0 Å². The lowest BCUT2D eigenvalue weighted by atomic mass is 10.3. The fourth-order valence-corrected chi connectivity index (χ4v) is 2.15. The van der Waals surface area contributed by atoms with Crippen LogP contribution in [0.15, 0.2) is 18.3 Å². The molecule has 1 N–H and O–H groups in total. The predicted molar refractivity (Wildman–Crippen MR) is 67.9 cm³/mol. The van der Waals surface area contributed by atoms with Gasteiger partial charge in [-0.3, -0.25) is 0 Å². The highest BCUT2D eigenvalue weighted by Crippen LogP contribution is 2.10. The molecule has 0 aliphatic rings. The molecule has 6 nitrogen and oxygen atoms in total. The van der Waals surface area contributed by atoms with Crippen LogP contribution in [0.3, 0.4) is 0 Å². The monoisotopic (exact) mass is 258 g/mol. The number of rotatable bonds is 5. The van der Waals surface area contributed by atoms with Crippen LogP contribution in [0.25, 0.3) is 0 Å². The topological polar surface area (TPSA) is 65.5 Å². The number of aromatic nitrogens is 1. The van der Waals surface area contributed by atoms with Crippen molar-refractivity contribution in [2.45, 2.75) is 6.54 Å². The fourth-order valence-electron chi connectivity index (χ4n) is 1.28. The normalized spacial score (nSPS) is 12.1. The number of nitrogens with zero attached hydrogens (tertiary/aromatic N) is 3. The van der Waals surface area contributed by atoms with Gasteiger partial charge in [0.1, 0.15) is 5.82 Å². The summed E-state index contributed by atoms with van der Waals surface area (Å²) in [5.41, 5.74) is 0.844. The first-order valence-electron chi connectivity index (χ1n) is 5.14. The number of hydrogen-bond donors (Lipinski definition) is 1. The quantitative estimate of drug-likeness (QED) is 0.828. The maximum atomic E-state index is 11.8. The van der Waals surface area contributed by atoms with Crippen LogP contribution in [0.4, 0.5) is 5.82 Å². The summed E-state index contributed by atoms with van der Waals surface area (Å²) in [4.78, 5) is 4.13. The van der Waals surface area contributed by atoms with E-state index in [0.717, 1.165) is 11.4 Å². The minimum atomic E-state index is -3.37. The van der Waals surface area contributed by atoms with Crippen molar-refractivity contribution in [2.75, 3.05) is 33.5 Å². The minimum Gasteiger partial charge on any atom is -0.373 e. The van der Waals surface area contributed by atoms with E-state index in [2.05, 4.69) is 10.3 Å². The number of nitrogens with one attached hydrogen (secondary N) is 1. The molecule has 0 unspecified atom stereocenters. The van der Waals surface area contributed by atoms with E-state index in [0.29, 0.717) is 6.54 Å². The van der Waals surface area contributed by atoms with Crippen LogP contribution >= 0.6 is 0 Å². The molecule has 17 heavy (non-hydrogen) atoms.